The molecule has 0 aromatic heterocycles. The first-order valence-corrected chi connectivity index (χ1v) is 6.46. The molecule has 0 fully saturated rings. The lowest BCUT2D eigenvalue weighted by Crippen LogP contribution is -2.33. The molecule has 0 N–H and O–H groups in total. The van der Waals surface area contributed by atoms with Gasteiger partial charge in [0.05, 0.1) is 0 Å². The number of carbonyl (C=O) groups is 2. The van der Waals surface area contributed by atoms with E-state index in [0.717, 1.165) is 3.57 Å². The Hall–Kier alpha value is -1.44. The second-order valence-electron chi connectivity index (χ2n) is 3.81. The van der Waals surface area contributed by atoms with Crippen molar-refractivity contribution >= 4 is 40.2 Å². The average Bonchev–Trinajstić information content (AvgIpc) is 2.35. The molecule has 0 saturated carbocycles. The Morgan fingerprint density at radius 1 is 1.33 bits per heavy atom. The molecule has 0 bridgehead atoms. The molecular formula is C12H11IN2O3. The standard InChI is InChI=1S/C12H11IN2O3/c1-15-11(16)7-6-10(14-15)12(17)18-9-4-2-8(13)3-5-9/h2-5H,6-7H2,1H3. The first-order chi connectivity index (χ1) is 8.56. The average molecular weight is 358 g/mol. The van der Waals surface area contributed by atoms with E-state index < -0.39 is 5.97 Å². The SMILES string of the molecule is CN1N=C(C(=O)Oc2ccc(I)cc2)CCC1=O. The number of rotatable bonds is 2. The van der Waals surface area contributed by atoms with Gasteiger partial charge in [-0.25, -0.2) is 9.80 Å². The highest BCUT2D eigenvalue weighted by molar-refractivity contribution is 14.1. The van der Waals surface area contributed by atoms with E-state index >= 15 is 0 Å². The second-order valence-corrected chi connectivity index (χ2v) is 5.05. The molecule has 0 unspecified atom stereocenters. The van der Waals surface area contributed by atoms with Crippen molar-refractivity contribution in [3.8, 4) is 5.75 Å². The van der Waals surface area contributed by atoms with Crippen LogP contribution in [-0.2, 0) is 9.59 Å². The van der Waals surface area contributed by atoms with Gasteiger partial charge in [0.1, 0.15) is 11.5 Å². The van der Waals surface area contributed by atoms with Crippen LogP contribution in [0.2, 0.25) is 0 Å². The summed E-state index contributed by atoms with van der Waals surface area (Å²) in [5, 5.41) is 5.08. The summed E-state index contributed by atoms with van der Waals surface area (Å²) >= 11 is 2.17. The predicted octanol–water partition coefficient (Wildman–Crippen LogP) is 1.80. The first kappa shape index (κ1) is 13.0. The summed E-state index contributed by atoms with van der Waals surface area (Å²) in [5.74, 6) is -0.126. The van der Waals surface area contributed by atoms with Crippen molar-refractivity contribution in [2.45, 2.75) is 12.8 Å². The van der Waals surface area contributed by atoms with Crippen molar-refractivity contribution in [1.82, 2.24) is 5.01 Å². The van der Waals surface area contributed by atoms with Crippen molar-refractivity contribution in [1.29, 1.82) is 0 Å². The van der Waals surface area contributed by atoms with Gasteiger partial charge in [-0.05, 0) is 46.9 Å². The summed E-state index contributed by atoms with van der Waals surface area (Å²) in [7, 11) is 1.53. The van der Waals surface area contributed by atoms with E-state index in [1.54, 1.807) is 12.1 Å². The molecule has 1 heterocycles. The number of benzene rings is 1. The maximum Gasteiger partial charge on any atom is 0.359 e. The van der Waals surface area contributed by atoms with Crippen LogP contribution in [0.25, 0.3) is 0 Å². The smallest absolute Gasteiger partial charge is 0.359 e. The minimum atomic E-state index is -0.504. The van der Waals surface area contributed by atoms with E-state index in [9.17, 15) is 9.59 Å². The number of amides is 1. The molecule has 94 valence electrons. The molecule has 1 aliphatic rings. The second kappa shape index (κ2) is 5.47. The maximum absolute atomic E-state index is 11.8. The Labute approximate surface area is 118 Å². The van der Waals surface area contributed by atoms with Gasteiger partial charge in [-0.2, -0.15) is 5.10 Å². The quantitative estimate of drug-likeness (QED) is 0.460. The van der Waals surface area contributed by atoms with E-state index in [1.807, 2.05) is 12.1 Å². The van der Waals surface area contributed by atoms with Crippen LogP contribution < -0.4 is 4.74 Å². The van der Waals surface area contributed by atoms with E-state index in [-0.39, 0.29) is 18.0 Å². The minimum absolute atomic E-state index is 0.0965. The fourth-order valence-electron chi connectivity index (χ4n) is 1.49. The van der Waals surface area contributed by atoms with Crippen LogP contribution in [0, 0.1) is 3.57 Å². The van der Waals surface area contributed by atoms with E-state index in [1.165, 1.54) is 12.1 Å². The third kappa shape index (κ3) is 3.06. The minimum Gasteiger partial charge on any atom is -0.422 e. The van der Waals surface area contributed by atoms with Crippen molar-refractivity contribution in [2.24, 2.45) is 5.10 Å². The molecule has 1 aromatic carbocycles. The van der Waals surface area contributed by atoms with Crippen LogP contribution in [0.1, 0.15) is 12.8 Å². The molecule has 1 amide bonds. The summed E-state index contributed by atoms with van der Waals surface area (Å²) in [5.41, 5.74) is 0.274. The highest BCUT2D eigenvalue weighted by Crippen LogP contribution is 2.15. The van der Waals surface area contributed by atoms with E-state index in [2.05, 4.69) is 27.7 Å². The van der Waals surface area contributed by atoms with Gasteiger partial charge in [0.15, 0.2) is 0 Å². The molecular weight excluding hydrogens is 347 g/mol. The van der Waals surface area contributed by atoms with Crippen LogP contribution >= 0.6 is 22.6 Å². The zero-order chi connectivity index (χ0) is 13.1. The summed E-state index contributed by atoms with van der Waals surface area (Å²) in [6.07, 6.45) is 0.615. The van der Waals surface area contributed by atoms with Gasteiger partial charge in [-0.15, -0.1) is 0 Å². The van der Waals surface area contributed by atoms with Crippen LogP contribution in [0.4, 0.5) is 0 Å². The molecule has 0 spiro atoms. The van der Waals surface area contributed by atoms with Gasteiger partial charge < -0.3 is 4.74 Å². The number of hydrogen-bond donors (Lipinski definition) is 0. The molecule has 2 rings (SSSR count). The van der Waals surface area contributed by atoms with Gasteiger partial charge in [0.25, 0.3) is 0 Å². The number of hydrazone groups is 1. The van der Waals surface area contributed by atoms with Crippen LogP contribution in [0.5, 0.6) is 5.75 Å². The first-order valence-electron chi connectivity index (χ1n) is 5.38. The Kier molecular flexibility index (Phi) is 3.95. The molecule has 0 radical (unpaired) electrons. The van der Waals surface area contributed by atoms with Crippen LogP contribution in [0.3, 0.4) is 0 Å². The lowest BCUT2D eigenvalue weighted by molar-refractivity contribution is -0.131. The molecule has 1 aromatic rings. The van der Waals surface area contributed by atoms with Gasteiger partial charge in [-0.1, -0.05) is 0 Å². The fourth-order valence-corrected chi connectivity index (χ4v) is 1.85. The van der Waals surface area contributed by atoms with Gasteiger partial charge in [-0.3, -0.25) is 4.79 Å². The van der Waals surface area contributed by atoms with Crippen LogP contribution in [0.15, 0.2) is 29.4 Å². The highest BCUT2D eigenvalue weighted by atomic mass is 127. The lowest BCUT2D eigenvalue weighted by atomic mass is 10.2. The van der Waals surface area contributed by atoms with E-state index in [0.29, 0.717) is 12.2 Å². The topological polar surface area (TPSA) is 59.0 Å². The van der Waals surface area contributed by atoms with Crippen molar-refractivity contribution in [3.63, 3.8) is 0 Å². The number of halogens is 1. The normalized spacial score (nSPS) is 15.3. The van der Waals surface area contributed by atoms with Crippen molar-refractivity contribution in [3.05, 3.63) is 27.8 Å². The number of carbonyl (C=O) groups excluding carboxylic acids is 2. The number of ether oxygens (including phenoxy) is 1. The number of hydrogen-bond acceptors (Lipinski definition) is 4. The largest absolute Gasteiger partial charge is 0.422 e. The van der Waals surface area contributed by atoms with Crippen molar-refractivity contribution in [2.75, 3.05) is 7.05 Å². The maximum atomic E-state index is 11.8. The van der Waals surface area contributed by atoms with E-state index in [4.69, 9.17) is 4.74 Å². The third-order valence-corrected chi connectivity index (χ3v) is 3.19. The molecule has 1 aliphatic heterocycles. The summed E-state index contributed by atoms with van der Waals surface area (Å²) in [4.78, 5) is 23.0. The Balaban J connectivity index is 2.06. The lowest BCUT2D eigenvalue weighted by Gasteiger charge is -2.18. The molecule has 0 saturated heterocycles. The Morgan fingerprint density at radius 3 is 2.61 bits per heavy atom. The summed E-state index contributed by atoms with van der Waals surface area (Å²) < 4.78 is 6.24. The Morgan fingerprint density at radius 2 is 2.00 bits per heavy atom. The van der Waals surface area contributed by atoms with Crippen molar-refractivity contribution < 1.29 is 14.3 Å². The zero-order valence-electron chi connectivity index (χ0n) is 9.72. The summed E-state index contributed by atoms with van der Waals surface area (Å²) in [6.45, 7) is 0. The summed E-state index contributed by atoms with van der Waals surface area (Å²) in [6, 6.07) is 7.14. The number of esters is 1. The molecule has 5 nitrogen and oxygen atoms in total. The Bertz CT molecular complexity index is 511. The zero-order valence-corrected chi connectivity index (χ0v) is 11.9. The molecule has 18 heavy (non-hydrogen) atoms. The molecule has 0 aliphatic carbocycles. The third-order valence-electron chi connectivity index (χ3n) is 2.47. The van der Waals surface area contributed by atoms with Gasteiger partial charge in [0.2, 0.25) is 5.91 Å². The number of nitrogens with zero attached hydrogens (tertiary/aromatic N) is 2. The molecule has 0 atom stereocenters. The predicted molar refractivity (Wildman–Crippen MR) is 74.2 cm³/mol. The van der Waals surface area contributed by atoms with Gasteiger partial charge in [0, 0.05) is 23.5 Å². The monoisotopic (exact) mass is 358 g/mol. The highest BCUT2D eigenvalue weighted by Gasteiger charge is 2.23. The fraction of sp³-hybridized carbons (Fsp3) is 0.250. The van der Waals surface area contributed by atoms with Crippen LogP contribution in [-0.4, -0.2) is 29.6 Å². The molecule has 6 heteroatoms. The van der Waals surface area contributed by atoms with Gasteiger partial charge >= 0.3 is 5.97 Å².